The largest absolute Gasteiger partial charge is 0.405 e. The number of hydrogen-bond donors (Lipinski definition) is 2. The summed E-state index contributed by atoms with van der Waals surface area (Å²) in [6, 6.07) is -1.30. The van der Waals surface area contributed by atoms with Crippen molar-refractivity contribution >= 4 is 0 Å². The molecule has 1 unspecified atom stereocenters. The van der Waals surface area contributed by atoms with Crippen molar-refractivity contribution in [3.8, 4) is 0 Å². The van der Waals surface area contributed by atoms with Crippen LogP contribution >= 0.6 is 0 Å². The number of rotatable bonds is 2. The van der Waals surface area contributed by atoms with E-state index in [1.165, 1.54) is 0 Å². The lowest BCUT2D eigenvalue weighted by atomic mass is 9.96. The SMILES string of the molecule is FC(F)(F)C1CNCCN1CC1CCNCC1. The highest BCUT2D eigenvalue weighted by atomic mass is 19.4. The van der Waals surface area contributed by atoms with E-state index in [0.717, 1.165) is 25.9 Å². The molecular formula is C11H20F3N3. The summed E-state index contributed by atoms with van der Waals surface area (Å²) in [6.45, 7) is 3.68. The molecule has 6 heteroatoms. The average Bonchev–Trinajstić information content (AvgIpc) is 2.30. The molecular weight excluding hydrogens is 231 g/mol. The second-order valence-corrected chi connectivity index (χ2v) is 4.95. The van der Waals surface area contributed by atoms with Gasteiger partial charge in [0.1, 0.15) is 6.04 Å². The van der Waals surface area contributed by atoms with Crippen LogP contribution in [0.3, 0.4) is 0 Å². The minimum atomic E-state index is -4.11. The monoisotopic (exact) mass is 251 g/mol. The van der Waals surface area contributed by atoms with Crippen molar-refractivity contribution in [3.05, 3.63) is 0 Å². The first kappa shape index (κ1) is 13.1. The predicted octanol–water partition coefficient (Wildman–Crippen LogP) is 0.822. The van der Waals surface area contributed by atoms with Crippen LogP contribution < -0.4 is 10.6 Å². The van der Waals surface area contributed by atoms with Crippen LogP contribution in [0.1, 0.15) is 12.8 Å². The molecule has 2 rings (SSSR count). The third-order valence-electron chi connectivity index (χ3n) is 3.68. The van der Waals surface area contributed by atoms with Crippen LogP contribution in [-0.4, -0.2) is 56.4 Å². The topological polar surface area (TPSA) is 27.3 Å². The maximum Gasteiger partial charge on any atom is 0.405 e. The molecule has 2 aliphatic rings. The van der Waals surface area contributed by atoms with E-state index in [-0.39, 0.29) is 6.54 Å². The first-order chi connectivity index (χ1) is 8.07. The fourth-order valence-electron chi connectivity index (χ4n) is 2.68. The predicted molar refractivity (Wildman–Crippen MR) is 59.9 cm³/mol. The van der Waals surface area contributed by atoms with Crippen molar-refractivity contribution in [2.24, 2.45) is 5.92 Å². The van der Waals surface area contributed by atoms with Crippen LogP contribution in [0.4, 0.5) is 13.2 Å². The molecule has 17 heavy (non-hydrogen) atoms. The number of alkyl halides is 3. The molecule has 0 aromatic rings. The molecule has 0 spiro atoms. The Labute approximate surface area is 99.7 Å². The summed E-state index contributed by atoms with van der Waals surface area (Å²) in [4.78, 5) is 1.62. The second kappa shape index (κ2) is 5.54. The molecule has 0 bridgehead atoms. The fourth-order valence-corrected chi connectivity index (χ4v) is 2.68. The number of nitrogens with zero attached hydrogens (tertiary/aromatic N) is 1. The molecule has 2 heterocycles. The molecule has 0 radical (unpaired) electrons. The minimum absolute atomic E-state index is 0.0362. The van der Waals surface area contributed by atoms with E-state index < -0.39 is 12.2 Å². The highest BCUT2D eigenvalue weighted by Gasteiger charge is 2.44. The number of nitrogens with one attached hydrogen (secondary N) is 2. The molecule has 0 aliphatic carbocycles. The van der Waals surface area contributed by atoms with Crippen molar-refractivity contribution in [2.45, 2.75) is 25.1 Å². The number of piperazine rings is 1. The van der Waals surface area contributed by atoms with E-state index in [9.17, 15) is 13.2 Å². The van der Waals surface area contributed by atoms with Gasteiger partial charge in [0.05, 0.1) is 0 Å². The maximum atomic E-state index is 12.9. The molecule has 0 saturated carbocycles. The highest BCUT2D eigenvalue weighted by Crippen LogP contribution is 2.27. The first-order valence-corrected chi connectivity index (χ1v) is 6.29. The van der Waals surface area contributed by atoms with Crippen LogP contribution in [0.5, 0.6) is 0 Å². The van der Waals surface area contributed by atoms with Gasteiger partial charge in [-0.25, -0.2) is 0 Å². The zero-order valence-electron chi connectivity index (χ0n) is 9.89. The molecule has 100 valence electrons. The second-order valence-electron chi connectivity index (χ2n) is 4.95. The van der Waals surface area contributed by atoms with Gasteiger partial charge in [-0.05, 0) is 31.8 Å². The zero-order chi connectivity index (χ0) is 12.3. The summed E-state index contributed by atoms with van der Waals surface area (Å²) in [6.07, 6.45) is -2.12. The Morgan fingerprint density at radius 1 is 1.06 bits per heavy atom. The van der Waals surface area contributed by atoms with Gasteiger partial charge in [0, 0.05) is 26.2 Å². The van der Waals surface area contributed by atoms with E-state index in [1.54, 1.807) is 4.90 Å². The number of piperidine rings is 1. The fraction of sp³-hybridized carbons (Fsp3) is 1.00. The lowest BCUT2D eigenvalue weighted by molar-refractivity contribution is -0.188. The normalized spacial score (nSPS) is 29.5. The highest BCUT2D eigenvalue weighted by molar-refractivity contribution is 4.87. The lowest BCUT2D eigenvalue weighted by Gasteiger charge is -2.39. The smallest absolute Gasteiger partial charge is 0.317 e. The van der Waals surface area contributed by atoms with Gasteiger partial charge in [-0.2, -0.15) is 13.2 Å². The molecule has 2 saturated heterocycles. The Hall–Kier alpha value is -0.330. The van der Waals surface area contributed by atoms with Crippen molar-refractivity contribution in [3.63, 3.8) is 0 Å². The molecule has 0 amide bonds. The van der Waals surface area contributed by atoms with Gasteiger partial charge >= 0.3 is 6.18 Å². The molecule has 0 aromatic heterocycles. The van der Waals surface area contributed by atoms with Gasteiger partial charge in [0.15, 0.2) is 0 Å². The van der Waals surface area contributed by atoms with Crippen molar-refractivity contribution in [1.82, 2.24) is 15.5 Å². The maximum absolute atomic E-state index is 12.9. The third-order valence-corrected chi connectivity index (χ3v) is 3.68. The standard InChI is InChI=1S/C11H20F3N3/c12-11(13,14)10-7-16-5-6-17(10)8-9-1-3-15-4-2-9/h9-10,15-16H,1-8H2. The van der Waals surface area contributed by atoms with Gasteiger partial charge < -0.3 is 10.6 Å². The molecule has 0 aromatic carbocycles. The molecule has 2 N–H and O–H groups in total. The molecule has 3 nitrogen and oxygen atoms in total. The Bertz CT molecular complexity index is 239. The van der Waals surface area contributed by atoms with Crippen molar-refractivity contribution in [2.75, 3.05) is 39.3 Å². The Morgan fingerprint density at radius 2 is 1.76 bits per heavy atom. The summed E-state index contributed by atoms with van der Waals surface area (Å²) < 4.78 is 38.6. The van der Waals surface area contributed by atoms with Crippen LogP contribution in [0.15, 0.2) is 0 Å². The van der Waals surface area contributed by atoms with Gasteiger partial charge in [0.2, 0.25) is 0 Å². The van der Waals surface area contributed by atoms with Crippen LogP contribution in [-0.2, 0) is 0 Å². The van der Waals surface area contributed by atoms with Crippen molar-refractivity contribution in [1.29, 1.82) is 0 Å². The zero-order valence-corrected chi connectivity index (χ0v) is 9.89. The van der Waals surface area contributed by atoms with E-state index in [2.05, 4.69) is 10.6 Å². The Balaban J connectivity index is 1.91. The van der Waals surface area contributed by atoms with E-state index in [4.69, 9.17) is 0 Å². The molecule has 2 aliphatic heterocycles. The van der Waals surface area contributed by atoms with Gasteiger partial charge in [-0.1, -0.05) is 0 Å². The summed E-state index contributed by atoms with van der Waals surface area (Å²) in [5.74, 6) is 0.416. The van der Waals surface area contributed by atoms with Crippen molar-refractivity contribution < 1.29 is 13.2 Å². The summed E-state index contributed by atoms with van der Waals surface area (Å²) >= 11 is 0. The average molecular weight is 251 g/mol. The van der Waals surface area contributed by atoms with E-state index >= 15 is 0 Å². The van der Waals surface area contributed by atoms with Crippen LogP contribution in [0, 0.1) is 5.92 Å². The van der Waals surface area contributed by atoms with Crippen LogP contribution in [0.2, 0.25) is 0 Å². The number of halogens is 3. The number of hydrogen-bond acceptors (Lipinski definition) is 3. The van der Waals surface area contributed by atoms with E-state index in [1.807, 2.05) is 0 Å². The Kier molecular flexibility index (Phi) is 4.27. The Morgan fingerprint density at radius 3 is 2.41 bits per heavy atom. The van der Waals surface area contributed by atoms with Gasteiger partial charge in [-0.15, -0.1) is 0 Å². The summed E-state index contributed by atoms with van der Waals surface area (Å²) in [7, 11) is 0. The van der Waals surface area contributed by atoms with Crippen LogP contribution in [0.25, 0.3) is 0 Å². The molecule has 1 atom stereocenters. The van der Waals surface area contributed by atoms with Gasteiger partial charge in [-0.3, -0.25) is 4.90 Å². The van der Waals surface area contributed by atoms with E-state index in [0.29, 0.717) is 25.6 Å². The first-order valence-electron chi connectivity index (χ1n) is 6.29. The molecule has 2 fully saturated rings. The lowest BCUT2D eigenvalue weighted by Crippen LogP contribution is -2.59. The van der Waals surface area contributed by atoms with Gasteiger partial charge in [0.25, 0.3) is 0 Å². The summed E-state index contributed by atoms with van der Waals surface area (Å²) in [5, 5.41) is 6.07. The quantitative estimate of drug-likeness (QED) is 0.761. The minimum Gasteiger partial charge on any atom is -0.317 e. The summed E-state index contributed by atoms with van der Waals surface area (Å²) in [5.41, 5.74) is 0. The third kappa shape index (κ3) is 3.56.